The van der Waals surface area contributed by atoms with Crippen molar-refractivity contribution in [1.29, 1.82) is 10.5 Å². The van der Waals surface area contributed by atoms with Crippen LogP contribution in [0.4, 0.5) is 0 Å². The quantitative estimate of drug-likeness (QED) is 0.530. The van der Waals surface area contributed by atoms with Crippen molar-refractivity contribution < 1.29 is 0 Å². The van der Waals surface area contributed by atoms with Crippen molar-refractivity contribution in [3.8, 4) is 12.1 Å². The third-order valence-corrected chi connectivity index (χ3v) is 3.83. The Morgan fingerprint density at radius 3 is 2.50 bits per heavy atom. The zero-order chi connectivity index (χ0) is 15.5. The van der Waals surface area contributed by atoms with Gasteiger partial charge in [-0.15, -0.1) is 11.6 Å². The van der Waals surface area contributed by atoms with E-state index >= 15 is 0 Å². The lowest BCUT2D eigenvalue weighted by Crippen LogP contribution is -1.98. The van der Waals surface area contributed by atoms with Crippen LogP contribution in [0.1, 0.15) is 5.56 Å². The van der Waals surface area contributed by atoms with Gasteiger partial charge in [0.05, 0.1) is 0 Å². The average molecular weight is 306 g/mol. The first-order valence-corrected chi connectivity index (χ1v) is 7.41. The molecule has 0 unspecified atom stereocenters. The molecule has 0 N–H and O–H groups in total. The lowest BCUT2D eigenvalue weighted by Gasteiger charge is -2.04. The molecule has 2 aromatic carbocycles. The third-order valence-electron chi connectivity index (χ3n) is 3.66. The molecule has 0 saturated heterocycles. The number of rotatable bonds is 3. The molecule has 0 bridgehead atoms. The van der Waals surface area contributed by atoms with Gasteiger partial charge in [-0.2, -0.15) is 10.5 Å². The molecule has 0 atom stereocenters. The molecule has 0 spiro atoms. The number of hydrogen-bond acceptors (Lipinski definition) is 2. The number of fused-ring (bicyclic) bond motifs is 3. The SMILES string of the molecule is N#CC(C#N)=Cc1ccc2c(c1)c1ccccc1n2CCCl. The molecule has 106 valence electrons. The summed E-state index contributed by atoms with van der Waals surface area (Å²) in [5.74, 6) is 0.544. The highest BCUT2D eigenvalue weighted by atomic mass is 35.5. The van der Waals surface area contributed by atoms with E-state index in [9.17, 15) is 0 Å². The summed E-state index contributed by atoms with van der Waals surface area (Å²) in [6, 6.07) is 17.9. The molecule has 3 rings (SSSR count). The highest BCUT2D eigenvalue weighted by Crippen LogP contribution is 2.30. The Bertz CT molecular complexity index is 952. The molecular weight excluding hydrogens is 294 g/mol. The van der Waals surface area contributed by atoms with Crippen molar-refractivity contribution in [2.75, 3.05) is 5.88 Å². The standard InChI is InChI=1S/C18H12ClN3/c19-7-8-22-17-4-2-1-3-15(17)16-10-13(5-6-18(16)22)9-14(11-20)12-21/h1-6,9-10H,7-8H2. The minimum atomic E-state index is 0.101. The highest BCUT2D eigenvalue weighted by Gasteiger charge is 2.10. The van der Waals surface area contributed by atoms with E-state index in [2.05, 4.69) is 16.7 Å². The van der Waals surface area contributed by atoms with E-state index in [0.717, 1.165) is 33.9 Å². The first-order valence-electron chi connectivity index (χ1n) is 6.87. The number of alkyl halides is 1. The van der Waals surface area contributed by atoms with Crippen LogP contribution in [0.3, 0.4) is 0 Å². The summed E-state index contributed by atoms with van der Waals surface area (Å²) in [6.07, 6.45) is 1.60. The topological polar surface area (TPSA) is 52.5 Å². The number of aromatic nitrogens is 1. The van der Waals surface area contributed by atoms with Crippen molar-refractivity contribution in [1.82, 2.24) is 4.57 Å². The zero-order valence-electron chi connectivity index (χ0n) is 11.8. The second-order valence-electron chi connectivity index (χ2n) is 4.92. The minimum absolute atomic E-state index is 0.101. The molecule has 22 heavy (non-hydrogen) atoms. The number of aryl methyl sites for hydroxylation is 1. The van der Waals surface area contributed by atoms with Crippen LogP contribution in [0.5, 0.6) is 0 Å². The number of nitriles is 2. The van der Waals surface area contributed by atoms with Gasteiger partial charge in [0.15, 0.2) is 0 Å². The molecule has 0 aliphatic carbocycles. The van der Waals surface area contributed by atoms with Crippen LogP contribution in [0.2, 0.25) is 0 Å². The summed E-state index contributed by atoms with van der Waals surface area (Å²) in [7, 11) is 0. The summed E-state index contributed by atoms with van der Waals surface area (Å²) in [5, 5.41) is 20.0. The fraction of sp³-hybridized carbons (Fsp3) is 0.111. The van der Waals surface area contributed by atoms with Crippen LogP contribution in [-0.4, -0.2) is 10.4 Å². The normalized spacial score (nSPS) is 10.3. The Kier molecular flexibility index (Phi) is 3.83. The number of allylic oxidation sites excluding steroid dienone is 1. The summed E-state index contributed by atoms with van der Waals surface area (Å²) in [4.78, 5) is 0. The Hall–Kier alpha value is -2.75. The van der Waals surface area contributed by atoms with E-state index in [0.29, 0.717) is 5.88 Å². The van der Waals surface area contributed by atoms with Crippen molar-refractivity contribution in [3.05, 3.63) is 53.6 Å². The maximum atomic E-state index is 8.89. The van der Waals surface area contributed by atoms with Gasteiger partial charge in [0.25, 0.3) is 0 Å². The lowest BCUT2D eigenvalue weighted by atomic mass is 10.1. The molecule has 1 aromatic heterocycles. The van der Waals surface area contributed by atoms with Crippen LogP contribution in [-0.2, 0) is 6.54 Å². The molecule has 3 nitrogen and oxygen atoms in total. The van der Waals surface area contributed by atoms with Gasteiger partial charge in [0.2, 0.25) is 0 Å². The van der Waals surface area contributed by atoms with Gasteiger partial charge in [-0.25, -0.2) is 0 Å². The number of nitrogens with zero attached hydrogens (tertiary/aromatic N) is 3. The van der Waals surface area contributed by atoms with Gasteiger partial charge in [-0.05, 0) is 29.8 Å². The minimum Gasteiger partial charge on any atom is -0.339 e. The predicted molar refractivity (Wildman–Crippen MR) is 89.4 cm³/mol. The van der Waals surface area contributed by atoms with Crippen LogP contribution in [0.15, 0.2) is 48.0 Å². The van der Waals surface area contributed by atoms with E-state index in [1.807, 2.05) is 42.5 Å². The smallest absolute Gasteiger partial charge is 0.130 e. The third kappa shape index (κ3) is 2.33. The maximum Gasteiger partial charge on any atom is 0.130 e. The van der Waals surface area contributed by atoms with E-state index in [1.165, 1.54) is 0 Å². The van der Waals surface area contributed by atoms with Crippen molar-refractivity contribution in [2.45, 2.75) is 6.54 Å². The predicted octanol–water partition coefficient (Wildman–Crippen LogP) is 4.46. The zero-order valence-corrected chi connectivity index (χ0v) is 12.5. The second-order valence-corrected chi connectivity index (χ2v) is 5.29. The maximum absolute atomic E-state index is 8.89. The molecule has 0 amide bonds. The van der Waals surface area contributed by atoms with Crippen LogP contribution in [0, 0.1) is 22.7 Å². The summed E-state index contributed by atoms with van der Waals surface area (Å²) < 4.78 is 2.20. The van der Waals surface area contributed by atoms with E-state index in [1.54, 1.807) is 6.08 Å². The molecule has 1 heterocycles. The monoisotopic (exact) mass is 305 g/mol. The number of benzene rings is 2. The van der Waals surface area contributed by atoms with Gasteiger partial charge in [-0.3, -0.25) is 0 Å². The van der Waals surface area contributed by atoms with Crippen LogP contribution in [0.25, 0.3) is 27.9 Å². The Balaban J connectivity index is 2.30. The number of halogens is 1. The van der Waals surface area contributed by atoms with Crippen LogP contribution < -0.4 is 0 Å². The number of hydrogen-bond donors (Lipinski definition) is 0. The Morgan fingerprint density at radius 2 is 1.77 bits per heavy atom. The van der Waals surface area contributed by atoms with E-state index in [-0.39, 0.29) is 5.57 Å². The summed E-state index contributed by atoms with van der Waals surface area (Å²) in [5.41, 5.74) is 3.19. The molecule has 0 radical (unpaired) electrons. The van der Waals surface area contributed by atoms with E-state index in [4.69, 9.17) is 22.1 Å². The second kappa shape index (κ2) is 5.93. The fourth-order valence-corrected chi connectivity index (χ4v) is 2.91. The van der Waals surface area contributed by atoms with E-state index < -0.39 is 0 Å². The van der Waals surface area contributed by atoms with Gasteiger partial charge in [-0.1, -0.05) is 24.3 Å². The Morgan fingerprint density at radius 1 is 1.05 bits per heavy atom. The number of para-hydroxylation sites is 1. The Labute approximate surface area is 133 Å². The highest BCUT2D eigenvalue weighted by molar-refractivity contribution is 6.18. The van der Waals surface area contributed by atoms with Crippen LogP contribution >= 0.6 is 11.6 Å². The summed E-state index contributed by atoms with van der Waals surface area (Å²) in [6.45, 7) is 0.738. The first kappa shape index (κ1) is 14.2. The molecule has 3 aromatic rings. The molecule has 0 saturated carbocycles. The fourth-order valence-electron chi connectivity index (χ4n) is 2.74. The molecular formula is C18H12ClN3. The average Bonchev–Trinajstić information content (AvgIpc) is 2.87. The lowest BCUT2D eigenvalue weighted by molar-refractivity contribution is 0.834. The largest absolute Gasteiger partial charge is 0.339 e. The molecule has 0 aliphatic heterocycles. The van der Waals surface area contributed by atoms with Gasteiger partial charge in [0, 0.05) is 34.2 Å². The summed E-state index contributed by atoms with van der Waals surface area (Å²) >= 11 is 5.93. The van der Waals surface area contributed by atoms with Gasteiger partial charge in [0.1, 0.15) is 17.7 Å². The van der Waals surface area contributed by atoms with Crippen molar-refractivity contribution in [3.63, 3.8) is 0 Å². The first-order chi connectivity index (χ1) is 10.8. The molecule has 0 fully saturated rings. The van der Waals surface area contributed by atoms with Gasteiger partial charge >= 0.3 is 0 Å². The van der Waals surface area contributed by atoms with Crippen molar-refractivity contribution >= 4 is 39.5 Å². The molecule has 4 heteroatoms. The van der Waals surface area contributed by atoms with Gasteiger partial charge < -0.3 is 4.57 Å². The molecule has 0 aliphatic rings. The van der Waals surface area contributed by atoms with Crippen molar-refractivity contribution in [2.24, 2.45) is 0 Å².